The number of likely N-dealkylation sites (N-methyl/N-ethyl adjacent to an activating group) is 1. The summed E-state index contributed by atoms with van der Waals surface area (Å²) >= 11 is 18.8. The van der Waals surface area contributed by atoms with Crippen LogP contribution in [-0.4, -0.2) is 44.8 Å². The molecule has 0 aliphatic heterocycles. The van der Waals surface area contributed by atoms with Crippen LogP contribution in [0.3, 0.4) is 0 Å². The van der Waals surface area contributed by atoms with Crippen molar-refractivity contribution in [2.45, 2.75) is 37.8 Å². The van der Waals surface area contributed by atoms with Gasteiger partial charge in [0.25, 0.3) is 10.0 Å². The summed E-state index contributed by atoms with van der Waals surface area (Å²) in [4.78, 5) is 29.2. The van der Waals surface area contributed by atoms with Gasteiger partial charge in [0.15, 0.2) is 0 Å². The SMILES string of the molecule is CNC(=O)C(Cc1ccccc1)N(Cc1ccc(Cl)cc1Cl)C(=O)CN(c1ccc(Cl)cc1C)S(=O)(=O)c1ccc(C)cc1. The number of aryl methyl sites for hydroxylation is 2. The Hall–Kier alpha value is -3.56. The Morgan fingerprint density at radius 3 is 2.09 bits per heavy atom. The van der Waals surface area contributed by atoms with Gasteiger partial charge in [-0.25, -0.2) is 8.42 Å². The van der Waals surface area contributed by atoms with Gasteiger partial charge in [0.2, 0.25) is 11.8 Å². The molecule has 0 saturated heterocycles. The molecule has 1 unspecified atom stereocenters. The molecule has 0 radical (unpaired) electrons. The smallest absolute Gasteiger partial charge is 0.264 e. The van der Waals surface area contributed by atoms with E-state index >= 15 is 0 Å². The standard InChI is InChI=1S/C33H32Cl3N3O4S/c1-22-9-14-28(15-10-22)44(42,43)39(30-16-13-26(34)17-23(30)2)21-32(40)38(20-25-11-12-27(35)19-29(25)36)31(33(41)37-3)18-24-7-5-4-6-8-24/h4-17,19,31H,18,20-21H2,1-3H3,(H,37,41). The van der Waals surface area contributed by atoms with Gasteiger partial charge in [0.1, 0.15) is 12.6 Å². The van der Waals surface area contributed by atoms with Crippen molar-refractivity contribution in [3.05, 3.63) is 128 Å². The maximum absolute atomic E-state index is 14.4. The molecule has 4 aromatic rings. The molecular weight excluding hydrogens is 641 g/mol. The average molecular weight is 673 g/mol. The second-order valence-electron chi connectivity index (χ2n) is 10.3. The van der Waals surface area contributed by atoms with Crippen LogP contribution in [0.1, 0.15) is 22.3 Å². The molecule has 4 rings (SSSR count). The van der Waals surface area contributed by atoms with Crippen LogP contribution in [0.2, 0.25) is 15.1 Å². The third kappa shape index (κ3) is 7.93. The lowest BCUT2D eigenvalue weighted by atomic mass is 10.0. The Balaban J connectivity index is 1.83. The molecule has 0 aromatic heterocycles. The quantitative estimate of drug-likeness (QED) is 0.189. The number of halogens is 3. The van der Waals surface area contributed by atoms with E-state index in [0.29, 0.717) is 26.2 Å². The highest BCUT2D eigenvalue weighted by Crippen LogP contribution is 2.30. The minimum atomic E-state index is -4.23. The normalized spacial score (nSPS) is 12.0. The molecule has 0 saturated carbocycles. The fraction of sp³-hybridized carbons (Fsp3) is 0.212. The molecule has 4 aromatic carbocycles. The third-order valence-electron chi connectivity index (χ3n) is 7.19. The van der Waals surface area contributed by atoms with Crippen LogP contribution in [0.25, 0.3) is 0 Å². The predicted molar refractivity (Wildman–Crippen MR) is 177 cm³/mol. The van der Waals surface area contributed by atoms with Gasteiger partial charge in [-0.15, -0.1) is 0 Å². The highest BCUT2D eigenvalue weighted by atomic mass is 35.5. The molecule has 230 valence electrons. The lowest BCUT2D eigenvalue weighted by Gasteiger charge is -2.34. The third-order valence-corrected chi connectivity index (χ3v) is 9.78. The molecule has 2 amide bonds. The number of carbonyl (C=O) groups excluding carboxylic acids is 2. The number of benzene rings is 4. The maximum atomic E-state index is 14.4. The Kier molecular flexibility index (Phi) is 11.0. The van der Waals surface area contributed by atoms with Crippen LogP contribution in [0, 0.1) is 13.8 Å². The number of rotatable bonds is 11. The minimum absolute atomic E-state index is 0.0182. The highest BCUT2D eigenvalue weighted by molar-refractivity contribution is 7.92. The van der Waals surface area contributed by atoms with Crippen molar-refractivity contribution in [3.8, 4) is 0 Å². The molecule has 0 spiro atoms. The van der Waals surface area contributed by atoms with Crippen LogP contribution in [-0.2, 0) is 32.6 Å². The summed E-state index contributed by atoms with van der Waals surface area (Å²) in [6.07, 6.45) is 0.183. The van der Waals surface area contributed by atoms with E-state index in [-0.39, 0.29) is 23.5 Å². The first-order valence-corrected chi connectivity index (χ1v) is 16.3. The highest BCUT2D eigenvalue weighted by Gasteiger charge is 2.35. The van der Waals surface area contributed by atoms with Crippen LogP contribution in [0.15, 0.2) is 95.9 Å². The van der Waals surface area contributed by atoms with Crippen molar-refractivity contribution < 1.29 is 18.0 Å². The number of hydrogen-bond acceptors (Lipinski definition) is 4. The van der Waals surface area contributed by atoms with Crippen molar-refractivity contribution in [2.24, 2.45) is 0 Å². The summed E-state index contributed by atoms with van der Waals surface area (Å²) in [5, 5.41) is 3.80. The fourth-order valence-electron chi connectivity index (χ4n) is 4.80. The van der Waals surface area contributed by atoms with Gasteiger partial charge in [0.05, 0.1) is 10.6 Å². The molecule has 7 nitrogen and oxygen atoms in total. The van der Waals surface area contributed by atoms with Crippen molar-refractivity contribution in [3.63, 3.8) is 0 Å². The number of nitrogens with zero attached hydrogens (tertiary/aromatic N) is 2. The second kappa shape index (κ2) is 14.5. The molecule has 0 aliphatic carbocycles. The van der Waals surface area contributed by atoms with Crippen LogP contribution >= 0.6 is 34.8 Å². The van der Waals surface area contributed by atoms with E-state index in [2.05, 4.69) is 5.32 Å². The molecule has 0 aliphatic rings. The van der Waals surface area contributed by atoms with E-state index in [0.717, 1.165) is 15.4 Å². The van der Waals surface area contributed by atoms with Gasteiger partial charge in [0, 0.05) is 35.1 Å². The number of hydrogen-bond donors (Lipinski definition) is 1. The lowest BCUT2D eigenvalue weighted by molar-refractivity contribution is -0.139. The van der Waals surface area contributed by atoms with E-state index in [4.69, 9.17) is 34.8 Å². The first-order chi connectivity index (χ1) is 20.9. The molecule has 0 heterocycles. The summed E-state index contributed by atoms with van der Waals surface area (Å²) in [6.45, 7) is 2.91. The van der Waals surface area contributed by atoms with E-state index in [1.54, 1.807) is 55.5 Å². The van der Waals surface area contributed by atoms with Crippen molar-refractivity contribution in [2.75, 3.05) is 17.9 Å². The van der Waals surface area contributed by atoms with Crippen LogP contribution in [0.4, 0.5) is 5.69 Å². The monoisotopic (exact) mass is 671 g/mol. The van der Waals surface area contributed by atoms with Gasteiger partial charge in [-0.3, -0.25) is 13.9 Å². The average Bonchev–Trinajstić information content (AvgIpc) is 2.99. The maximum Gasteiger partial charge on any atom is 0.264 e. The van der Waals surface area contributed by atoms with Gasteiger partial charge in [-0.2, -0.15) is 0 Å². The zero-order valence-electron chi connectivity index (χ0n) is 24.4. The largest absolute Gasteiger partial charge is 0.357 e. The molecule has 44 heavy (non-hydrogen) atoms. The second-order valence-corrected chi connectivity index (χ2v) is 13.5. The zero-order chi connectivity index (χ0) is 32.0. The summed E-state index contributed by atoms with van der Waals surface area (Å²) in [6, 6.07) is 24.3. The number of nitrogens with one attached hydrogen (secondary N) is 1. The number of anilines is 1. The van der Waals surface area contributed by atoms with E-state index < -0.39 is 34.4 Å². The topological polar surface area (TPSA) is 86.8 Å². The fourth-order valence-corrected chi connectivity index (χ4v) is 6.98. The molecule has 1 atom stereocenters. The van der Waals surface area contributed by atoms with Crippen LogP contribution < -0.4 is 9.62 Å². The summed E-state index contributed by atoms with van der Waals surface area (Å²) in [7, 11) is -2.74. The molecule has 11 heteroatoms. The Morgan fingerprint density at radius 1 is 0.841 bits per heavy atom. The molecule has 0 fully saturated rings. The van der Waals surface area contributed by atoms with Crippen molar-refractivity contribution in [1.29, 1.82) is 0 Å². The number of amides is 2. The van der Waals surface area contributed by atoms with Crippen molar-refractivity contribution >= 4 is 62.3 Å². The number of carbonyl (C=O) groups is 2. The Bertz CT molecular complexity index is 1750. The first-order valence-electron chi connectivity index (χ1n) is 13.7. The molecular formula is C33H32Cl3N3O4S. The van der Waals surface area contributed by atoms with E-state index in [1.165, 1.54) is 24.1 Å². The van der Waals surface area contributed by atoms with Crippen molar-refractivity contribution in [1.82, 2.24) is 10.2 Å². The van der Waals surface area contributed by atoms with E-state index in [9.17, 15) is 18.0 Å². The summed E-state index contributed by atoms with van der Waals surface area (Å²) < 4.78 is 29.4. The Labute approximate surface area is 273 Å². The predicted octanol–water partition coefficient (Wildman–Crippen LogP) is 6.85. The molecule has 1 N–H and O–H groups in total. The van der Waals surface area contributed by atoms with E-state index in [1.807, 2.05) is 37.3 Å². The first kappa shape index (κ1) is 33.3. The molecule has 0 bridgehead atoms. The summed E-state index contributed by atoms with van der Waals surface area (Å²) in [5.74, 6) is -1.02. The van der Waals surface area contributed by atoms with Gasteiger partial charge < -0.3 is 10.2 Å². The zero-order valence-corrected chi connectivity index (χ0v) is 27.5. The Morgan fingerprint density at radius 2 is 1.48 bits per heavy atom. The van der Waals surface area contributed by atoms with Gasteiger partial charge in [-0.05, 0) is 73.0 Å². The van der Waals surface area contributed by atoms with Gasteiger partial charge in [-0.1, -0.05) is 88.9 Å². The minimum Gasteiger partial charge on any atom is -0.357 e. The lowest BCUT2D eigenvalue weighted by Crippen LogP contribution is -2.53. The summed E-state index contributed by atoms with van der Waals surface area (Å²) in [5.41, 5.74) is 3.09. The number of sulfonamides is 1. The van der Waals surface area contributed by atoms with Crippen LogP contribution in [0.5, 0.6) is 0 Å². The van der Waals surface area contributed by atoms with Gasteiger partial charge >= 0.3 is 0 Å².